The molecule has 1 fully saturated rings. The van der Waals surface area contributed by atoms with E-state index in [0.717, 1.165) is 0 Å². The van der Waals surface area contributed by atoms with E-state index < -0.39 is 52.8 Å². The number of rotatable bonds is 6. The Hall–Kier alpha value is -3.48. The van der Waals surface area contributed by atoms with Crippen molar-refractivity contribution in [2.24, 2.45) is 17.6 Å². The predicted molar refractivity (Wildman–Crippen MR) is 138 cm³/mol. The van der Waals surface area contributed by atoms with Gasteiger partial charge >= 0.3 is 0 Å². The summed E-state index contributed by atoms with van der Waals surface area (Å²) < 4.78 is 5.78. The Morgan fingerprint density at radius 1 is 1.16 bits per heavy atom. The average Bonchev–Trinajstić information content (AvgIpc) is 2.85. The summed E-state index contributed by atoms with van der Waals surface area (Å²) in [6, 6.07) is 2.22. The smallest absolute Gasteiger partial charge is 0.252 e. The van der Waals surface area contributed by atoms with Gasteiger partial charge in [0.1, 0.15) is 17.3 Å². The number of hydroxylamine groups is 2. The van der Waals surface area contributed by atoms with Gasteiger partial charge in [-0.1, -0.05) is 25.3 Å². The number of nitrogens with zero attached hydrogens (tertiary/aromatic N) is 2. The minimum absolute atomic E-state index is 0.0207. The fourth-order valence-electron chi connectivity index (χ4n) is 6.22. The van der Waals surface area contributed by atoms with Gasteiger partial charge in [-0.05, 0) is 25.2 Å². The third-order valence-corrected chi connectivity index (χ3v) is 8.00. The Morgan fingerprint density at radius 3 is 2.32 bits per heavy atom. The lowest BCUT2D eigenvalue weighted by molar-refractivity contribution is -0.161. The molecule has 38 heavy (non-hydrogen) atoms. The van der Waals surface area contributed by atoms with Crippen LogP contribution in [0.2, 0.25) is 0 Å². The fraction of sp³-hybridized carbons (Fsp3) is 0.407. The van der Waals surface area contributed by atoms with Gasteiger partial charge in [-0.15, -0.1) is 0 Å². The van der Waals surface area contributed by atoms with Crippen molar-refractivity contribution in [3.63, 3.8) is 0 Å². The molecule has 0 aromatic heterocycles. The summed E-state index contributed by atoms with van der Waals surface area (Å²) in [5, 5.41) is 47.0. The first-order valence-electron chi connectivity index (χ1n) is 11.9. The third kappa shape index (κ3) is 3.47. The highest BCUT2D eigenvalue weighted by molar-refractivity contribution is 6.16. The van der Waals surface area contributed by atoms with E-state index in [4.69, 9.17) is 15.3 Å². The molecular weight excluding hydrogens is 494 g/mol. The number of phenols is 1. The van der Waals surface area contributed by atoms with Gasteiger partial charge in [-0.25, -0.2) is 0 Å². The standard InChI is InChI=1S/C27H33N3O8/c1-11-14-9-8-13(10-30(5)38-7)21(31)17(14)22(32)18-15(11)23(33)19-20(29(3)4)24(34)16(26(28)36)12(2)27(19,37-6)25(18)35/h8-9,15,19-20,23,31-34H,1-2,10H2,3-7H3,(H2,28,36)/t15-,19?,20+,23+,27+/m1/s1. The molecular formula is C27H33N3O8. The van der Waals surface area contributed by atoms with Crippen molar-refractivity contribution < 1.29 is 39.6 Å². The number of ether oxygens (including phenoxy) is 1. The number of likely N-dealkylation sites (N-methyl/N-ethyl adjacent to an activating group) is 1. The summed E-state index contributed by atoms with van der Waals surface area (Å²) in [6.45, 7) is 8.17. The molecule has 1 aromatic rings. The molecule has 0 radical (unpaired) electrons. The number of aromatic hydroxyl groups is 1. The zero-order valence-electron chi connectivity index (χ0n) is 22.0. The van der Waals surface area contributed by atoms with Crippen LogP contribution >= 0.6 is 0 Å². The van der Waals surface area contributed by atoms with E-state index in [1.165, 1.54) is 24.2 Å². The minimum Gasteiger partial charge on any atom is -0.510 e. The zero-order chi connectivity index (χ0) is 28.4. The SMILES string of the molecule is C=C1c2ccc(CN(C)OC)c(O)c2C(O)=C2C(=O)[C@]3(OC)C(=C)C(C(N)=O)=C(O)[C@@H](N(C)C)C3[C@@H](O)[C@H]12. The average molecular weight is 528 g/mol. The Bertz CT molecular complexity index is 1330. The van der Waals surface area contributed by atoms with Crippen molar-refractivity contribution in [2.75, 3.05) is 35.4 Å². The van der Waals surface area contributed by atoms with Crippen LogP contribution in [-0.2, 0) is 25.7 Å². The molecule has 204 valence electrons. The Labute approximate surface area is 220 Å². The van der Waals surface area contributed by atoms with E-state index in [-0.39, 0.29) is 40.2 Å². The van der Waals surface area contributed by atoms with Gasteiger partial charge < -0.3 is 35.7 Å². The molecule has 0 spiro atoms. The van der Waals surface area contributed by atoms with Crippen molar-refractivity contribution in [3.8, 4) is 5.75 Å². The number of aliphatic hydroxyl groups is 3. The second-order valence-corrected chi connectivity index (χ2v) is 10.0. The monoisotopic (exact) mass is 527 g/mol. The van der Waals surface area contributed by atoms with Crippen molar-refractivity contribution in [1.82, 2.24) is 9.96 Å². The third-order valence-electron chi connectivity index (χ3n) is 8.00. The van der Waals surface area contributed by atoms with Crippen LogP contribution in [0.25, 0.3) is 11.3 Å². The number of primary amides is 1. The van der Waals surface area contributed by atoms with Gasteiger partial charge in [-0.2, -0.15) is 5.06 Å². The Morgan fingerprint density at radius 2 is 1.79 bits per heavy atom. The number of amides is 1. The maximum Gasteiger partial charge on any atom is 0.252 e. The summed E-state index contributed by atoms with van der Waals surface area (Å²) in [6.07, 6.45) is -1.44. The predicted octanol–water partition coefficient (Wildman–Crippen LogP) is 1.04. The van der Waals surface area contributed by atoms with Crippen LogP contribution in [0.4, 0.5) is 0 Å². The number of fused-ring (bicyclic) bond motifs is 3. The van der Waals surface area contributed by atoms with E-state index in [1.807, 2.05) is 0 Å². The highest BCUT2D eigenvalue weighted by Crippen LogP contribution is 2.58. The molecule has 0 bridgehead atoms. The van der Waals surface area contributed by atoms with E-state index >= 15 is 0 Å². The highest BCUT2D eigenvalue weighted by atomic mass is 16.7. The molecule has 1 unspecified atom stereocenters. The summed E-state index contributed by atoms with van der Waals surface area (Å²) in [5.74, 6) is -5.35. The van der Waals surface area contributed by atoms with Gasteiger partial charge in [0.2, 0.25) is 0 Å². The number of carbonyl (C=O) groups excluding carboxylic acids is 2. The zero-order valence-corrected chi connectivity index (χ0v) is 22.0. The van der Waals surface area contributed by atoms with Gasteiger partial charge in [0.05, 0.1) is 42.5 Å². The Balaban J connectivity index is 2.03. The maximum absolute atomic E-state index is 14.4. The number of hydrogen-bond donors (Lipinski definition) is 5. The van der Waals surface area contributed by atoms with E-state index in [0.29, 0.717) is 11.1 Å². The number of hydrogen-bond acceptors (Lipinski definition) is 10. The van der Waals surface area contributed by atoms with Crippen molar-refractivity contribution in [3.05, 3.63) is 64.5 Å². The van der Waals surface area contributed by atoms with E-state index in [2.05, 4.69) is 13.2 Å². The Kier molecular flexibility index (Phi) is 6.79. The van der Waals surface area contributed by atoms with Crippen LogP contribution in [0, 0.1) is 11.8 Å². The quantitative estimate of drug-likeness (QED) is 0.337. The van der Waals surface area contributed by atoms with Crippen LogP contribution < -0.4 is 5.73 Å². The summed E-state index contributed by atoms with van der Waals surface area (Å²) in [5.41, 5.74) is 3.67. The molecule has 0 aliphatic heterocycles. The fourth-order valence-corrected chi connectivity index (χ4v) is 6.22. The van der Waals surface area contributed by atoms with E-state index in [9.17, 15) is 30.0 Å². The van der Waals surface area contributed by atoms with Gasteiger partial charge in [0.15, 0.2) is 11.4 Å². The molecule has 3 aliphatic rings. The van der Waals surface area contributed by atoms with Crippen LogP contribution in [-0.4, -0.2) is 95.2 Å². The number of aliphatic hydroxyl groups excluding tert-OH is 3. The van der Waals surface area contributed by atoms with Crippen molar-refractivity contribution >= 4 is 23.0 Å². The molecule has 0 heterocycles. The van der Waals surface area contributed by atoms with Crippen LogP contribution in [0.15, 0.2) is 47.8 Å². The molecule has 11 nitrogen and oxygen atoms in total. The molecule has 6 N–H and O–H groups in total. The number of phenolic OH excluding ortho intramolecular Hbond substituents is 1. The van der Waals surface area contributed by atoms with E-state index in [1.54, 1.807) is 33.3 Å². The first-order valence-corrected chi connectivity index (χ1v) is 11.9. The topological polar surface area (TPSA) is 166 Å². The van der Waals surface area contributed by atoms with Gasteiger partial charge in [0, 0.05) is 37.1 Å². The van der Waals surface area contributed by atoms with Crippen LogP contribution in [0.3, 0.4) is 0 Å². The second-order valence-electron chi connectivity index (χ2n) is 10.0. The summed E-state index contributed by atoms with van der Waals surface area (Å²) in [4.78, 5) is 33.5. The number of Topliss-reactive ketones (excluding diaryl/α,β-unsaturated/α-hetero) is 1. The van der Waals surface area contributed by atoms with Gasteiger partial charge in [-0.3, -0.25) is 14.5 Å². The molecule has 11 heteroatoms. The first-order chi connectivity index (χ1) is 17.8. The lowest BCUT2D eigenvalue weighted by Gasteiger charge is -2.55. The number of benzene rings is 1. The molecule has 1 aromatic carbocycles. The van der Waals surface area contributed by atoms with Crippen LogP contribution in [0.1, 0.15) is 16.7 Å². The number of ketones is 1. The molecule has 0 saturated heterocycles. The molecule has 3 aliphatic carbocycles. The summed E-state index contributed by atoms with van der Waals surface area (Å²) >= 11 is 0. The molecule has 4 rings (SSSR count). The minimum atomic E-state index is -2.06. The van der Waals surface area contributed by atoms with Crippen molar-refractivity contribution in [1.29, 1.82) is 0 Å². The maximum atomic E-state index is 14.4. The number of carbonyl (C=O) groups is 2. The largest absolute Gasteiger partial charge is 0.510 e. The first kappa shape index (κ1) is 27.6. The molecule has 5 atom stereocenters. The normalized spacial score (nSPS) is 29.1. The number of methoxy groups -OCH3 is 1. The van der Waals surface area contributed by atoms with Crippen LogP contribution in [0.5, 0.6) is 5.75 Å². The highest BCUT2D eigenvalue weighted by Gasteiger charge is 2.67. The molecule has 1 amide bonds. The second kappa shape index (κ2) is 9.37. The number of nitrogens with two attached hydrogens (primary N) is 1. The lowest BCUT2D eigenvalue weighted by Crippen LogP contribution is -2.69. The summed E-state index contributed by atoms with van der Waals surface area (Å²) in [7, 11) is 7.56. The lowest BCUT2D eigenvalue weighted by atomic mass is 9.54. The molecule has 1 saturated carbocycles. The van der Waals surface area contributed by atoms with Gasteiger partial charge in [0.25, 0.3) is 5.91 Å². The van der Waals surface area contributed by atoms with Crippen molar-refractivity contribution in [2.45, 2.75) is 24.3 Å².